The van der Waals surface area contributed by atoms with E-state index in [9.17, 15) is 27.2 Å². The summed E-state index contributed by atoms with van der Waals surface area (Å²) in [6.45, 7) is 1.31. The number of anilines is 1. The first-order chi connectivity index (χ1) is 13.1. The molecule has 0 unspecified atom stereocenters. The van der Waals surface area contributed by atoms with Crippen LogP contribution in [0.15, 0.2) is 42.5 Å². The number of ether oxygens (including phenoxy) is 2. The zero-order chi connectivity index (χ0) is 20.9. The van der Waals surface area contributed by atoms with Gasteiger partial charge in [-0.1, -0.05) is 6.07 Å². The van der Waals surface area contributed by atoms with Crippen molar-refractivity contribution in [2.75, 3.05) is 12.4 Å². The average molecular weight is 399 g/mol. The molecule has 9 heteroatoms. The van der Waals surface area contributed by atoms with Crippen LogP contribution in [-0.4, -0.2) is 25.1 Å². The zero-order valence-corrected chi connectivity index (χ0v) is 15.0. The molecule has 2 aromatic rings. The Morgan fingerprint density at radius 2 is 1.75 bits per heavy atom. The molecular weight excluding hydrogens is 382 g/mol. The van der Waals surface area contributed by atoms with E-state index in [-0.39, 0.29) is 17.9 Å². The second-order valence-electron chi connectivity index (χ2n) is 5.84. The first-order valence-electron chi connectivity index (χ1n) is 8.10. The summed E-state index contributed by atoms with van der Waals surface area (Å²) >= 11 is 0. The number of nitrogens with one attached hydrogen (secondary N) is 1. The van der Waals surface area contributed by atoms with E-state index in [1.54, 1.807) is 0 Å². The molecule has 0 bridgehead atoms. The van der Waals surface area contributed by atoms with Crippen LogP contribution in [0, 0.1) is 5.82 Å². The maximum atomic E-state index is 13.6. The predicted molar refractivity (Wildman–Crippen MR) is 92.3 cm³/mol. The summed E-state index contributed by atoms with van der Waals surface area (Å²) < 4.78 is 61.0. The Labute approximate surface area is 158 Å². The Bertz CT molecular complexity index is 850. The molecule has 1 N–H and O–H groups in total. The standard InChI is InChI=1S/C19H17F4NO4/c1-11(18(26)24-14-6-4-13(5-7-14)19(21,22)23)28-17(25)10-12-3-8-16(27-2)15(20)9-12/h3-9,11H,10H2,1-2H3,(H,24,26)/t11-/m0/s1. The molecule has 2 aromatic carbocycles. The number of benzene rings is 2. The molecule has 0 saturated heterocycles. The Morgan fingerprint density at radius 1 is 1.11 bits per heavy atom. The van der Waals surface area contributed by atoms with E-state index in [2.05, 4.69) is 5.32 Å². The summed E-state index contributed by atoms with van der Waals surface area (Å²) in [4.78, 5) is 24.0. The highest BCUT2D eigenvalue weighted by Crippen LogP contribution is 2.29. The van der Waals surface area contributed by atoms with E-state index in [0.717, 1.165) is 30.3 Å². The van der Waals surface area contributed by atoms with E-state index < -0.39 is 35.5 Å². The smallest absolute Gasteiger partial charge is 0.416 e. The molecule has 28 heavy (non-hydrogen) atoms. The third-order valence-corrected chi connectivity index (χ3v) is 3.72. The molecule has 0 aliphatic rings. The molecule has 0 spiro atoms. The molecule has 0 aliphatic carbocycles. The van der Waals surface area contributed by atoms with Gasteiger partial charge in [0, 0.05) is 5.69 Å². The van der Waals surface area contributed by atoms with E-state index in [1.165, 1.54) is 26.2 Å². The molecule has 2 rings (SSSR count). The number of amides is 1. The summed E-state index contributed by atoms with van der Waals surface area (Å²) in [6, 6.07) is 7.79. The van der Waals surface area contributed by atoms with Crippen LogP contribution in [-0.2, 0) is 26.9 Å². The fourth-order valence-corrected chi connectivity index (χ4v) is 2.27. The van der Waals surface area contributed by atoms with Crippen molar-refractivity contribution in [3.63, 3.8) is 0 Å². The second-order valence-corrected chi connectivity index (χ2v) is 5.84. The third-order valence-electron chi connectivity index (χ3n) is 3.72. The van der Waals surface area contributed by atoms with Crippen molar-refractivity contribution >= 4 is 17.6 Å². The zero-order valence-electron chi connectivity index (χ0n) is 15.0. The fourth-order valence-electron chi connectivity index (χ4n) is 2.27. The van der Waals surface area contributed by atoms with Crippen LogP contribution >= 0.6 is 0 Å². The van der Waals surface area contributed by atoms with Gasteiger partial charge in [0.1, 0.15) is 0 Å². The van der Waals surface area contributed by atoms with Crippen LogP contribution in [0.3, 0.4) is 0 Å². The molecule has 1 amide bonds. The number of carbonyl (C=O) groups is 2. The lowest BCUT2D eigenvalue weighted by molar-refractivity contribution is -0.152. The van der Waals surface area contributed by atoms with Gasteiger partial charge in [-0.05, 0) is 48.9 Å². The number of rotatable bonds is 6. The summed E-state index contributed by atoms with van der Waals surface area (Å²) in [5.41, 5.74) is -0.395. The van der Waals surface area contributed by atoms with Crippen LogP contribution in [0.2, 0.25) is 0 Å². The summed E-state index contributed by atoms with van der Waals surface area (Å²) in [5, 5.41) is 2.35. The number of methoxy groups -OCH3 is 1. The Kier molecular flexibility index (Phi) is 6.61. The van der Waals surface area contributed by atoms with Gasteiger partial charge >= 0.3 is 12.1 Å². The highest BCUT2D eigenvalue weighted by molar-refractivity contribution is 5.95. The summed E-state index contributed by atoms with van der Waals surface area (Å²) in [7, 11) is 1.31. The van der Waals surface area contributed by atoms with Crippen LogP contribution in [0.25, 0.3) is 0 Å². The number of halogens is 4. The fraction of sp³-hybridized carbons (Fsp3) is 0.263. The lowest BCUT2D eigenvalue weighted by Crippen LogP contribution is -2.30. The third kappa shape index (κ3) is 5.70. The van der Waals surface area contributed by atoms with Gasteiger partial charge < -0.3 is 14.8 Å². The first kappa shape index (κ1) is 21.2. The lowest BCUT2D eigenvalue weighted by Gasteiger charge is -2.14. The quantitative estimate of drug-likeness (QED) is 0.590. The van der Waals surface area contributed by atoms with Crippen LogP contribution in [0.5, 0.6) is 5.75 Å². The van der Waals surface area contributed by atoms with E-state index in [0.29, 0.717) is 5.56 Å². The normalized spacial score (nSPS) is 12.2. The number of hydrogen-bond acceptors (Lipinski definition) is 4. The van der Waals surface area contributed by atoms with Gasteiger partial charge in [0.2, 0.25) is 0 Å². The minimum absolute atomic E-state index is 0.0291. The Balaban J connectivity index is 1.91. The monoisotopic (exact) mass is 399 g/mol. The summed E-state index contributed by atoms with van der Waals surface area (Å²) in [5.74, 6) is -2.09. The van der Waals surface area contributed by atoms with Gasteiger partial charge in [0.15, 0.2) is 17.7 Å². The van der Waals surface area contributed by atoms with Crippen molar-refractivity contribution in [3.8, 4) is 5.75 Å². The van der Waals surface area contributed by atoms with Crippen LogP contribution in [0.4, 0.5) is 23.2 Å². The molecular formula is C19H17F4NO4. The van der Waals surface area contributed by atoms with Crippen molar-refractivity contribution in [3.05, 3.63) is 59.4 Å². The molecule has 0 aromatic heterocycles. The van der Waals surface area contributed by atoms with Crippen molar-refractivity contribution in [2.24, 2.45) is 0 Å². The molecule has 0 radical (unpaired) electrons. The van der Waals surface area contributed by atoms with Gasteiger partial charge in [-0.2, -0.15) is 13.2 Å². The van der Waals surface area contributed by atoms with Crippen molar-refractivity contribution in [2.45, 2.75) is 25.6 Å². The highest BCUT2D eigenvalue weighted by Gasteiger charge is 2.30. The number of carbonyl (C=O) groups excluding carboxylic acids is 2. The van der Waals surface area contributed by atoms with Crippen molar-refractivity contribution in [1.29, 1.82) is 0 Å². The van der Waals surface area contributed by atoms with Gasteiger partial charge in [-0.15, -0.1) is 0 Å². The SMILES string of the molecule is COc1ccc(CC(=O)O[C@@H](C)C(=O)Nc2ccc(C(F)(F)F)cc2)cc1F. The Hall–Kier alpha value is -3.10. The molecule has 0 heterocycles. The number of esters is 1. The van der Waals surface area contributed by atoms with Crippen molar-refractivity contribution in [1.82, 2.24) is 0 Å². The predicted octanol–water partition coefficient (Wildman–Crippen LogP) is 3.97. The first-order valence-corrected chi connectivity index (χ1v) is 8.10. The maximum absolute atomic E-state index is 13.6. The maximum Gasteiger partial charge on any atom is 0.416 e. The van der Waals surface area contributed by atoms with Gasteiger partial charge in [-0.25, -0.2) is 4.39 Å². The number of alkyl halides is 3. The summed E-state index contributed by atoms with van der Waals surface area (Å²) in [6.07, 6.45) is -5.94. The highest BCUT2D eigenvalue weighted by atomic mass is 19.4. The minimum Gasteiger partial charge on any atom is -0.494 e. The second kappa shape index (κ2) is 8.73. The van der Waals surface area contributed by atoms with Gasteiger partial charge in [-0.3, -0.25) is 9.59 Å². The van der Waals surface area contributed by atoms with Gasteiger partial charge in [0.05, 0.1) is 19.1 Å². The van der Waals surface area contributed by atoms with Crippen LogP contribution in [0.1, 0.15) is 18.1 Å². The van der Waals surface area contributed by atoms with E-state index >= 15 is 0 Å². The molecule has 5 nitrogen and oxygen atoms in total. The average Bonchev–Trinajstić information content (AvgIpc) is 2.61. The minimum atomic E-state index is -4.48. The lowest BCUT2D eigenvalue weighted by atomic mass is 10.1. The van der Waals surface area contributed by atoms with E-state index in [1.807, 2.05) is 0 Å². The van der Waals surface area contributed by atoms with Crippen LogP contribution < -0.4 is 10.1 Å². The molecule has 1 atom stereocenters. The molecule has 0 aliphatic heterocycles. The topological polar surface area (TPSA) is 64.6 Å². The number of hydrogen-bond donors (Lipinski definition) is 1. The van der Waals surface area contributed by atoms with Gasteiger partial charge in [0.25, 0.3) is 5.91 Å². The molecule has 0 fully saturated rings. The van der Waals surface area contributed by atoms with E-state index in [4.69, 9.17) is 9.47 Å². The largest absolute Gasteiger partial charge is 0.494 e. The Morgan fingerprint density at radius 3 is 2.29 bits per heavy atom. The molecule has 150 valence electrons. The van der Waals surface area contributed by atoms with Crippen molar-refractivity contribution < 1.29 is 36.6 Å². The molecule has 0 saturated carbocycles.